The van der Waals surface area contributed by atoms with E-state index in [1.54, 1.807) is 24.3 Å². The second-order valence-electron chi connectivity index (χ2n) is 2.57. The number of benzene rings is 1. The highest BCUT2D eigenvalue weighted by molar-refractivity contribution is 6.19. The summed E-state index contributed by atoms with van der Waals surface area (Å²) in [5.41, 5.74) is 0.939. The Morgan fingerprint density at radius 1 is 1.29 bits per heavy atom. The van der Waals surface area contributed by atoms with Crippen LogP contribution in [-0.2, 0) is 14.3 Å². The number of aldehydes is 1. The van der Waals surface area contributed by atoms with E-state index in [2.05, 4.69) is 4.74 Å². The number of ether oxygens (including phenoxy) is 1. The van der Waals surface area contributed by atoms with Crippen LogP contribution in [0.15, 0.2) is 36.4 Å². The van der Waals surface area contributed by atoms with Crippen LogP contribution in [0.1, 0.15) is 5.56 Å². The molecule has 0 atom stereocenters. The molecule has 0 bridgehead atoms. The molecule has 72 valence electrons. The average Bonchev–Trinajstić information content (AvgIpc) is 2.26. The van der Waals surface area contributed by atoms with Gasteiger partial charge in [-0.2, -0.15) is 0 Å². The van der Waals surface area contributed by atoms with Crippen molar-refractivity contribution in [3.8, 4) is 0 Å². The summed E-state index contributed by atoms with van der Waals surface area (Å²) in [4.78, 5) is 21.6. The van der Waals surface area contributed by atoms with Crippen LogP contribution < -0.4 is 0 Å². The monoisotopic (exact) mass is 190 g/mol. The zero-order valence-corrected chi connectivity index (χ0v) is 7.77. The molecular formula is C11H10O3. The first-order valence-corrected chi connectivity index (χ1v) is 4.08. The van der Waals surface area contributed by atoms with Crippen molar-refractivity contribution >= 4 is 17.8 Å². The molecule has 0 aliphatic rings. The number of hydrogen-bond donors (Lipinski definition) is 0. The average molecular weight is 190 g/mol. The van der Waals surface area contributed by atoms with Crippen molar-refractivity contribution in [1.29, 1.82) is 0 Å². The predicted octanol–water partition coefficient (Wildman–Crippen LogP) is 1.44. The largest absolute Gasteiger partial charge is 0.465 e. The molecule has 0 aliphatic heterocycles. The van der Waals surface area contributed by atoms with E-state index >= 15 is 0 Å². The van der Waals surface area contributed by atoms with Crippen LogP contribution in [0.3, 0.4) is 0 Å². The third-order valence-corrected chi connectivity index (χ3v) is 1.72. The van der Waals surface area contributed by atoms with Gasteiger partial charge >= 0.3 is 5.97 Å². The maximum atomic E-state index is 11.3. The third kappa shape index (κ3) is 2.29. The van der Waals surface area contributed by atoms with Gasteiger partial charge in [0.25, 0.3) is 0 Å². The van der Waals surface area contributed by atoms with Crippen LogP contribution in [0, 0.1) is 0 Å². The predicted molar refractivity (Wildman–Crippen MR) is 52.5 cm³/mol. The lowest BCUT2D eigenvalue weighted by Crippen LogP contribution is -2.03. The minimum absolute atomic E-state index is 0.267. The van der Waals surface area contributed by atoms with E-state index in [-0.39, 0.29) is 5.57 Å². The summed E-state index contributed by atoms with van der Waals surface area (Å²) in [6, 6.07) is 8.89. The fourth-order valence-corrected chi connectivity index (χ4v) is 1.08. The Labute approximate surface area is 82.0 Å². The van der Waals surface area contributed by atoms with Crippen molar-refractivity contribution in [3.63, 3.8) is 0 Å². The molecule has 1 aromatic rings. The molecule has 0 N–H and O–H groups in total. The lowest BCUT2D eigenvalue weighted by molar-refractivity contribution is -0.133. The topological polar surface area (TPSA) is 43.4 Å². The van der Waals surface area contributed by atoms with Gasteiger partial charge < -0.3 is 4.74 Å². The van der Waals surface area contributed by atoms with Gasteiger partial charge in [-0.25, -0.2) is 4.79 Å². The number of hydrogen-bond acceptors (Lipinski definition) is 3. The lowest BCUT2D eigenvalue weighted by Gasteiger charge is -2.03. The van der Waals surface area contributed by atoms with Crippen LogP contribution in [0.4, 0.5) is 0 Å². The maximum absolute atomic E-state index is 11.3. The molecule has 0 radical (unpaired) electrons. The van der Waals surface area contributed by atoms with Gasteiger partial charge in [0, 0.05) is 0 Å². The minimum atomic E-state index is -0.511. The summed E-state index contributed by atoms with van der Waals surface area (Å²) < 4.78 is 4.55. The van der Waals surface area contributed by atoms with Gasteiger partial charge in [-0.1, -0.05) is 30.3 Å². The highest BCUT2D eigenvalue weighted by Crippen LogP contribution is 2.14. The molecule has 0 unspecified atom stereocenters. The van der Waals surface area contributed by atoms with E-state index in [4.69, 9.17) is 0 Å². The Kier molecular flexibility index (Phi) is 3.61. The number of carbonyl (C=O) groups is 2. The first-order valence-electron chi connectivity index (χ1n) is 4.08. The van der Waals surface area contributed by atoms with Crippen molar-refractivity contribution in [2.45, 2.75) is 0 Å². The van der Waals surface area contributed by atoms with Crippen LogP contribution in [-0.4, -0.2) is 19.4 Å². The molecule has 0 fully saturated rings. The SMILES string of the molecule is COC(=O)/C(=C/C=O)c1ccccc1. The van der Waals surface area contributed by atoms with Crippen LogP contribution in [0.25, 0.3) is 5.57 Å². The second-order valence-corrected chi connectivity index (χ2v) is 2.57. The van der Waals surface area contributed by atoms with Crippen molar-refractivity contribution in [2.75, 3.05) is 7.11 Å². The van der Waals surface area contributed by atoms with Gasteiger partial charge in [0.15, 0.2) is 0 Å². The Balaban J connectivity index is 3.07. The number of allylic oxidation sites excluding steroid dienone is 1. The van der Waals surface area contributed by atoms with Crippen LogP contribution in [0.2, 0.25) is 0 Å². The first-order chi connectivity index (χ1) is 6.79. The number of esters is 1. The van der Waals surface area contributed by atoms with E-state index in [0.717, 1.165) is 0 Å². The Morgan fingerprint density at radius 3 is 2.43 bits per heavy atom. The molecule has 1 aromatic carbocycles. The smallest absolute Gasteiger partial charge is 0.338 e. The van der Waals surface area contributed by atoms with Crippen LogP contribution >= 0.6 is 0 Å². The fraction of sp³-hybridized carbons (Fsp3) is 0.0909. The summed E-state index contributed by atoms with van der Waals surface area (Å²) in [5, 5.41) is 0. The Bertz CT molecular complexity index is 352. The molecule has 14 heavy (non-hydrogen) atoms. The molecule has 0 saturated carbocycles. The van der Waals surface area contributed by atoms with Gasteiger partial charge in [-0.05, 0) is 11.6 Å². The lowest BCUT2D eigenvalue weighted by atomic mass is 10.1. The molecule has 0 spiro atoms. The normalized spacial score (nSPS) is 10.8. The zero-order chi connectivity index (χ0) is 10.4. The van der Waals surface area contributed by atoms with Crippen molar-refractivity contribution in [2.24, 2.45) is 0 Å². The second kappa shape index (κ2) is 4.97. The standard InChI is InChI=1S/C11H10O3/c1-14-11(13)10(7-8-12)9-5-3-2-4-6-9/h2-8H,1H3/b10-7+. The molecule has 3 heteroatoms. The van der Waals surface area contributed by atoms with Crippen molar-refractivity contribution in [3.05, 3.63) is 42.0 Å². The molecule has 0 aliphatic carbocycles. The summed E-state index contributed by atoms with van der Waals surface area (Å²) in [5.74, 6) is -0.511. The summed E-state index contributed by atoms with van der Waals surface area (Å²) in [6.07, 6.45) is 1.76. The van der Waals surface area contributed by atoms with E-state index < -0.39 is 5.97 Å². The number of methoxy groups -OCH3 is 1. The summed E-state index contributed by atoms with van der Waals surface area (Å²) in [6.45, 7) is 0. The van der Waals surface area contributed by atoms with Gasteiger partial charge in [-0.15, -0.1) is 0 Å². The number of rotatable bonds is 3. The van der Waals surface area contributed by atoms with Gasteiger partial charge in [0.1, 0.15) is 6.29 Å². The van der Waals surface area contributed by atoms with E-state index in [9.17, 15) is 9.59 Å². The van der Waals surface area contributed by atoms with Crippen molar-refractivity contribution < 1.29 is 14.3 Å². The molecule has 0 saturated heterocycles. The van der Waals surface area contributed by atoms with E-state index in [1.165, 1.54) is 13.2 Å². The van der Waals surface area contributed by atoms with Crippen LogP contribution in [0.5, 0.6) is 0 Å². The summed E-state index contributed by atoms with van der Waals surface area (Å²) in [7, 11) is 1.28. The van der Waals surface area contributed by atoms with Gasteiger partial charge in [0.2, 0.25) is 0 Å². The Hall–Kier alpha value is -1.90. The fourth-order valence-electron chi connectivity index (χ4n) is 1.08. The van der Waals surface area contributed by atoms with Gasteiger partial charge in [0.05, 0.1) is 12.7 Å². The molecule has 0 heterocycles. The molecule has 1 rings (SSSR count). The number of carbonyl (C=O) groups excluding carboxylic acids is 2. The molecule has 0 aromatic heterocycles. The van der Waals surface area contributed by atoms with Gasteiger partial charge in [-0.3, -0.25) is 4.79 Å². The van der Waals surface area contributed by atoms with Crippen molar-refractivity contribution in [1.82, 2.24) is 0 Å². The minimum Gasteiger partial charge on any atom is -0.465 e. The highest BCUT2D eigenvalue weighted by atomic mass is 16.5. The van der Waals surface area contributed by atoms with E-state index in [0.29, 0.717) is 11.8 Å². The summed E-state index contributed by atoms with van der Waals surface area (Å²) >= 11 is 0. The first kappa shape index (κ1) is 10.2. The zero-order valence-electron chi connectivity index (χ0n) is 7.77. The molecular weight excluding hydrogens is 180 g/mol. The van der Waals surface area contributed by atoms with E-state index in [1.807, 2.05) is 6.07 Å². The maximum Gasteiger partial charge on any atom is 0.338 e. The third-order valence-electron chi connectivity index (χ3n) is 1.72. The quantitative estimate of drug-likeness (QED) is 0.411. The highest BCUT2D eigenvalue weighted by Gasteiger charge is 2.10. The molecule has 0 amide bonds. The Morgan fingerprint density at radius 2 is 1.93 bits per heavy atom. The molecule has 3 nitrogen and oxygen atoms in total.